The Bertz CT molecular complexity index is 667. The fraction of sp³-hybridized carbons (Fsp3) is 0.353. The molecule has 0 aliphatic heterocycles. The van der Waals surface area contributed by atoms with Crippen LogP contribution in [-0.2, 0) is 16.0 Å². The maximum absolute atomic E-state index is 12.3. The number of aromatic nitrogens is 2. The number of nitrogens with one attached hydrogen (secondary N) is 1. The first-order chi connectivity index (χ1) is 11.0. The van der Waals surface area contributed by atoms with Crippen LogP contribution in [0.4, 0.5) is 5.69 Å². The van der Waals surface area contributed by atoms with Crippen LogP contribution in [0.15, 0.2) is 36.4 Å². The molecule has 122 valence electrons. The Morgan fingerprint density at radius 3 is 2.65 bits per heavy atom. The molecule has 1 amide bonds. The number of esters is 1. The van der Waals surface area contributed by atoms with Crippen molar-refractivity contribution in [1.29, 1.82) is 0 Å². The first-order valence-electron chi connectivity index (χ1n) is 7.60. The van der Waals surface area contributed by atoms with Gasteiger partial charge in [0.1, 0.15) is 0 Å². The zero-order valence-corrected chi connectivity index (χ0v) is 13.6. The first-order valence-corrected chi connectivity index (χ1v) is 7.60. The Hall–Kier alpha value is -2.63. The molecule has 0 aliphatic rings. The highest BCUT2D eigenvalue weighted by Crippen LogP contribution is 2.14. The Balaban J connectivity index is 1.98. The number of hydrogen-bond donors (Lipinski definition) is 1. The van der Waals surface area contributed by atoms with Crippen molar-refractivity contribution in [3.05, 3.63) is 47.8 Å². The zero-order valence-electron chi connectivity index (χ0n) is 13.6. The standard InChI is InChI=1S/C17H21N3O3/c1-4-8-13-11-15(19-18-13)17(22)23-12(2)16(21)20(3)14-9-6-5-7-10-14/h5-7,9-12H,4,8H2,1-3H3,(H,18,19). The molecular formula is C17H21N3O3. The minimum Gasteiger partial charge on any atom is -0.448 e. The van der Waals surface area contributed by atoms with E-state index in [2.05, 4.69) is 10.2 Å². The number of aromatic amines is 1. The van der Waals surface area contributed by atoms with Crippen molar-refractivity contribution in [2.24, 2.45) is 0 Å². The molecule has 1 aromatic heterocycles. The summed E-state index contributed by atoms with van der Waals surface area (Å²) in [6.07, 6.45) is 0.873. The number of ether oxygens (including phenoxy) is 1. The summed E-state index contributed by atoms with van der Waals surface area (Å²) >= 11 is 0. The number of rotatable bonds is 6. The van der Waals surface area contributed by atoms with Gasteiger partial charge in [-0.1, -0.05) is 31.5 Å². The molecule has 2 rings (SSSR count). The number of nitrogens with zero attached hydrogens (tertiary/aromatic N) is 2. The second kappa shape index (κ2) is 7.58. The predicted octanol–water partition coefficient (Wildman–Crippen LogP) is 2.57. The second-order valence-corrected chi connectivity index (χ2v) is 5.31. The third-order valence-electron chi connectivity index (χ3n) is 3.47. The second-order valence-electron chi connectivity index (χ2n) is 5.31. The highest BCUT2D eigenvalue weighted by Gasteiger charge is 2.24. The highest BCUT2D eigenvalue weighted by molar-refractivity contribution is 5.98. The summed E-state index contributed by atoms with van der Waals surface area (Å²) in [5.74, 6) is -0.903. The van der Waals surface area contributed by atoms with Gasteiger partial charge in [-0.05, 0) is 31.5 Å². The number of anilines is 1. The molecule has 1 unspecified atom stereocenters. The van der Waals surface area contributed by atoms with Gasteiger partial charge in [0.05, 0.1) is 0 Å². The topological polar surface area (TPSA) is 75.3 Å². The SMILES string of the molecule is CCCc1cc(C(=O)OC(C)C(=O)N(C)c2ccccc2)n[nH]1. The minimum atomic E-state index is -0.890. The maximum atomic E-state index is 12.3. The van der Waals surface area contributed by atoms with Gasteiger partial charge in [0, 0.05) is 18.4 Å². The fourth-order valence-corrected chi connectivity index (χ4v) is 2.19. The summed E-state index contributed by atoms with van der Waals surface area (Å²) in [6, 6.07) is 10.8. The smallest absolute Gasteiger partial charge is 0.359 e. The number of H-pyrrole nitrogens is 1. The highest BCUT2D eigenvalue weighted by atomic mass is 16.5. The molecule has 1 atom stereocenters. The Kier molecular flexibility index (Phi) is 5.51. The van der Waals surface area contributed by atoms with E-state index in [0.29, 0.717) is 0 Å². The number of carbonyl (C=O) groups excluding carboxylic acids is 2. The van der Waals surface area contributed by atoms with Crippen LogP contribution >= 0.6 is 0 Å². The predicted molar refractivity (Wildman–Crippen MR) is 87.3 cm³/mol. The fourth-order valence-electron chi connectivity index (χ4n) is 2.19. The van der Waals surface area contributed by atoms with Gasteiger partial charge in [-0.25, -0.2) is 4.79 Å². The molecule has 6 heteroatoms. The molecule has 0 radical (unpaired) electrons. The Morgan fingerprint density at radius 1 is 1.30 bits per heavy atom. The molecule has 23 heavy (non-hydrogen) atoms. The molecule has 0 spiro atoms. The van der Waals surface area contributed by atoms with Gasteiger partial charge in [0.2, 0.25) is 0 Å². The molecule has 1 N–H and O–H groups in total. The van der Waals surface area contributed by atoms with E-state index in [9.17, 15) is 9.59 Å². The lowest BCUT2D eigenvalue weighted by molar-refractivity contribution is -0.126. The van der Waals surface area contributed by atoms with Crippen LogP contribution in [0.1, 0.15) is 36.5 Å². The van der Waals surface area contributed by atoms with Crippen molar-refractivity contribution in [3.8, 4) is 0 Å². The van der Waals surface area contributed by atoms with E-state index in [1.54, 1.807) is 20.0 Å². The van der Waals surface area contributed by atoms with Crippen molar-refractivity contribution < 1.29 is 14.3 Å². The summed E-state index contributed by atoms with van der Waals surface area (Å²) in [6.45, 7) is 3.60. The van der Waals surface area contributed by atoms with Crippen LogP contribution in [0.5, 0.6) is 0 Å². The number of benzene rings is 1. The first kappa shape index (κ1) is 16.7. The van der Waals surface area contributed by atoms with E-state index in [1.165, 1.54) is 4.90 Å². The van der Waals surface area contributed by atoms with E-state index >= 15 is 0 Å². The summed E-state index contributed by atoms with van der Waals surface area (Å²) in [5, 5.41) is 6.72. The number of aryl methyl sites for hydroxylation is 1. The normalized spacial score (nSPS) is 11.8. The van der Waals surface area contributed by atoms with Crippen molar-refractivity contribution in [2.75, 3.05) is 11.9 Å². The van der Waals surface area contributed by atoms with Crippen molar-refractivity contribution in [3.63, 3.8) is 0 Å². The van der Waals surface area contributed by atoms with E-state index in [-0.39, 0.29) is 11.6 Å². The number of amides is 1. The van der Waals surface area contributed by atoms with Crippen LogP contribution in [0, 0.1) is 0 Å². The molecule has 6 nitrogen and oxygen atoms in total. The quantitative estimate of drug-likeness (QED) is 0.831. The lowest BCUT2D eigenvalue weighted by atomic mass is 10.2. The van der Waals surface area contributed by atoms with Gasteiger partial charge in [-0.3, -0.25) is 9.89 Å². The van der Waals surface area contributed by atoms with Gasteiger partial charge in [0.25, 0.3) is 5.91 Å². The third-order valence-corrected chi connectivity index (χ3v) is 3.47. The average molecular weight is 315 g/mol. The van der Waals surface area contributed by atoms with Gasteiger partial charge in [0.15, 0.2) is 11.8 Å². The number of para-hydroxylation sites is 1. The van der Waals surface area contributed by atoms with Crippen LogP contribution in [0.25, 0.3) is 0 Å². The van der Waals surface area contributed by atoms with E-state index in [1.807, 2.05) is 37.3 Å². The molecule has 1 aromatic carbocycles. The molecule has 0 bridgehead atoms. The van der Waals surface area contributed by atoms with Gasteiger partial charge >= 0.3 is 5.97 Å². The molecule has 1 heterocycles. The molecule has 0 saturated heterocycles. The van der Waals surface area contributed by atoms with Gasteiger partial charge < -0.3 is 9.64 Å². The van der Waals surface area contributed by atoms with Crippen LogP contribution < -0.4 is 4.90 Å². The lowest BCUT2D eigenvalue weighted by Gasteiger charge is -2.21. The maximum Gasteiger partial charge on any atom is 0.359 e. The molecule has 0 saturated carbocycles. The van der Waals surface area contributed by atoms with E-state index in [4.69, 9.17) is 4.74 Å². The minimum absolute atomic E-state index is 0.190. The van der Waals surface area contributed by atoms with E-state index < -0.39 is 12.1 Å². The number of likely N-dealkylation sites (N-methyl/N-ethyl adjacent to an activating group) is 1. The summed E-state index contributed by atoms with van der Waals surface area (Å²) in [4.78, 5) is 25.9. The van der Waals surface area contributed by atoms with Crippen LogP contribution in [-0.4, -0.2) is 35.2 Å². The molecular weight excluding hydrogens is 294 g/mol. The molecule has 0 aliphatic carbocycles. The Morgan fingerprint density at radius 2 is 2.00 bits per heavy atom. The molecule has 0 fully saturated rings. The van der Waals surface area contributed by atoms with E-state index in [0.717, 1.165) is 24.2 Å². The van der Waals surface area contributed by atoms with Gasteiger partial charge in [-0.2, -0.15) is 5.10 Å². The van der Waals surface area contributed by atoms with Gasteiger partial charge in [-0.15, -0.1) is 0 Å². The lowest BCUT2D eigenvalue weighted by Crippen LogP contribution is -2.37. The summed E-state index contributed by atoms with van der Waals surface area (Å²) in [7, 11) is 1.65. The Labute approximate surface area is 135 Å². The molecule has 2 aromatic rings. The monoisotopic (exact) mass is 315 g/mol. The number of hydrogen-bond acceptors (Lipinski definition) is 4. The average Bonchev–Trinajstić information content (AvgIpc) is 3.03. The van der Waals surface area contributed by atoms with Crippen LogP contribution in [0.2, 0.25) is 0 Å². The van der Waals surface area contributed by atoms with Crippen molar-refractivity contribution in [2.45, 2.75) is 32.8 Å². The summed E-state index contributed by atoms with van der Waals surface area (Å²) < 4.78 is 5.22. The zero-order chi connectivity index (χ0) is 16.8. The summed E-state index contributed by atoms with van der Waals surface area (Å²) in [5.41, 5.74) is 1.81. The van der Waals surface area contributed by atoms with Crippen molar-refractivity contribution in [1.82, 2.24) is 10.2 Å². The van der Waals surface area contributed by atoms with Crippen LogP contribution in [0.3, 0.4) is 0 Å². The number of carbonyl (C=O) groups is 2. The largest absolute Gasteiger partial charge is 0.448 e. The third kappa shape index (κ3) is 4.18. The van der Waals surface area contributed by atoms with Crippen molar-refractivity contribution >= 4 is 17.6 Å².